The summed E-state index contributed by atoms with van der Waals surface area (Å²) in [6.45, 7) is 3.15. The second-order valence-electron chi connectivity index (χ2n) is 5.21. The average Bonchev–Trinajstić information content (AvgIpc) is 2.96. The van der Waals surface area contributed by atoms with Crippen LogP contribution in [0.1, 0.15) is 25.7 Å². The Balaban J connectivity index is 1.60. The molecule has 2 rings (SSSR count). The van der Waals surface area contributed by atoms with Gasteiger partial charge in [0.1, 0.15) is 0 Å². The number of nitrogens with zero attached hydrogens (tertiary/aromatic N) is 3. The van der Waals surface area contributed by atoms with Crippen LogP contribution in [0, 0.1) is 5.92 Å². The van der Waals surface area contributed by atoms with E-state index in [1.807, 2.05) is 0 Å². The maximum atomic E-state index is 11.9. The maximum absolute atomic E-state index is 11.9. The highest BCUT2D eigenvalue weighted by molar-refractivity contribution is 7.89. The molecule has 7 nitrogen and oxygen atoms in total. The summed E-state index contributed by atoms with van der Waals surface area (Å²) in [6, 6.07) is 0. The smallest absolute Gasteiger partial charge is 0.211 e. The molecule has 0 bridgehead atoms. The van der Waals surface area contributed by atoms with Crippen molar-refractivity contribution in [1.29, 1.82) is 0 Å². The van der Waals surface area contributed by atoms with Gasteiger partial charge >= 0.3 is 0 Å². The Bertz CT molecular complexity index is 468. The van der Waals surface area contributed by atoms with Gasteiger partial charge in [0, 0.05) is 19.3 Å². The molecule has 20 heavy (non-hydrogen) atoms. The van der Waals surface area contributed by atoms with Crippen molar-refractivity contribution in [3.8, 4) is 0 Å². The largest absolute Gasteiger partial charge is 0.317 e. The quantitative estimate of drug-likeness (QED) is 0.659. The number of aryl methyl sites for hydroxylation is 1. The third kappa shape index (κ3) is 5.56. The standard InChI is InChI=1S/C12H23N5O2S/c18-20(19,11-4-12-2-6-13-7-3-12)15-5-1-9-17-10-8-14-16-17/h8,10,12-13,15H,1-7,9,11H2. The lowest BCUT2D eigenvalue weighted by Crippen LogP contribution is -2.32. The van der Waals surface area contributed by atoms with Crippen molar-refractivity contribution in [3.05, 3.63) is 12.4 Å². The first-order valence-electron chi connectivity index (χ1n) is 7.18. The summed E-state index contributed by atoms with van der Waals surface area (Å²) < 4.78 is 28.1. The Morgan fingerprint density at radius 2 is 2.15 bits per heavy atom. The predicted molar refractivity (Wildman–Crippen MR) is 76.6 cm³/mol. The van der Waals surface area contributed by atoms with Gasteiger partial charge in [0.05, 0.1) is 11.9 Å². The van der Waals surface area contributed by atoms with Crippen LogP contribution in [0.5, 0.6) is 0 Å². The monoisotopic (exact) mass is 301 g/mol. The molecular formula is C12H23N5O2S. The summed E-state index contributed by atoms with van der Waals surface area (Å²) in [5.74, 6) is 0.782. The minimum atomic E-state index is -3.14. The summed E-state index contributed by atoms with van der Waals surface area (Å²) >= 11 is 0. The number of aromatic nitrogens is 3. The Kier molecular flexibility index (Phi) is 5.93. The van der Waals surface area contributed by atoms with E-state index < -0.39 is 10.0 Å². The first kappa shape index (κ1) is 15.4. The van der Waals surface area contributed by atoms with Crippen molar-refractivity contribution < 1.29 is 8.42 Å². The molecule has 0 unspecified atom stereocenters. The van der Waals surface area contributed by atoms with Gasteiger partial charge in [0.25, 0.3) is 0 Å². The SMILES string of the molecule is O=S(=O)(CCC1CCNCC1)NCCCn1ccnn1. The first-order chi connectivity index (χ1) is 9.66. The van der Waals surface area contributed by atoms with Crippen LogP contribution >= 0.6 is 0 Å². The molecule has 0 aromatic carbocycles. The molecular weight excluding hydrogens is 278 g/mol. The van der Waals surface area contributed by atoms with Gasteiger partial charge in [-0.1, -0.05) is 5.21 Å². The Hall–Kier alpha value is -0.990. The Labute approximate surface area is 120 Å². The van der Waals surface area contributed by atoms with Crippen LogP contribution in [0.15, 0.2) is 12.4 Å². The summed E-state index contributed by atoms with van der Waals surface area (Å²) in [6.07, 6.45) is 7.04. The number of nitrogens with one attached hydrogen (secondary N) is 2. The summed E-state index contributed by atoms with van der Waals surface area (Å²) in [7, 11) is -3.14. The molecule has 1 aromatic rings. The van der Waals surface area contributed by atoms with E-state index in [-0.39, 0.29) is 5.75 Å². The first-order valence-corrected chi connectivity index (χ1v) is 8.83. The number of hydrogen-bond acceptors (Lipinski definition) is 5. The lowest BCUT2D eigenvalue weighted by molar-refractivity contribution is 0.365. The van der Waals surface area contributed by atoms with E-state index in [4.69, 9.17) is 0 Å². The molecule has 0 amide bonds. The van der Waals surface area contributed by atoms with Crippen LogP contribution in [-0.2, 0) is 16.6 Å². The summed E-state index contributed by atoms with van der Waals surface area (Å²) in [4.78, 5) is 0. The lowest BCUT2D eigenvalue weighted by Gasteiger charge is -2.22. The van der Waals surface area contributed by atoms with E-state index in [9.17, 15) is 8.42 Å². The Morgan fingerprint density at radius 1 is 1.35 bits per heavy atom. The third-order valence-corrected chi connectivity index (χ3v) is 5.03. The van der Waals surface area contributed by atoms with Crippen molar-refractivity contribution >= 4 is 10.0 Å². The van der Waals surface area contributed by atoms with E-state index in [2.05, 4.69) is 20.4 Å². The molecule has 0 radical (unpaired) electrons. The molecule has 1 saturated heterocycles. The average molecular weight is 301 g/mol. The minimum absolute atomic E-state index is 0.237. The molecule has 0 aliphatic carbocycles. The highest BCUT2D eigenvalue weighted by atomic mass is 32.2. The number of hydrogen-bond donors (Lipinski definition) is 2. The van der Waals surface area contributed by atoms with E-state index in [0.717, 1.165) is 38.8 Å². The molecule has 0 saturated carbocycles. The van der Waals surface area contributed by atoms with Crippen LogP contribution in [0.4, 0.5) is 0 Å². The van der Waals surface area contributed by atoms with Gasteiger partial charge < -0.3 is 5.32 Å². The summed E-state index contributed by atoms with van der Waals surface area (Å²) in [5, 5.41) is 10.8. The fourth-order valence-corrected chi connectivity index (χ4v) is 3.63. The van der Waals surface area contributed by atoms with Gasteiger partial charge in [0.2, 0.25) is 10.0 Å². The van der Waals surface area contributed by atoms with E-state index >= 15 is 0 Å². The van der Waals surface area contributed by atoms with Gasteiger partial charge in [-0.2, -0.15) is 0 Å². The second-order valence-corrected chi connectivity index (χ2v) is 7.14. The van der Waals surface area contributed by atoms with Gasteiger partial charge in [-0.05, 0) is 44.7 Å². The predicted octanol–water partition coefficient (Wildman–Crippen LogP) is -0.0227. The van der Waals surface area contributed by atoms with Gasteiger partial charge in [-0.15, -0.1) is 5.10 Å². The second kappa shape index (κ2) is 7.70. The fourth-order valence-electron chi connectivity index (χ4n) is 2.39. The highest BCUT2D eigenvalue weighted by Gasteiger charge is 2.17. The van der Waals surface area contributed by atoms with Crippen LogP contribution in [0.2, 0.25) is 0 Å². The molecule has 1 fully saturated rings. The van der Waals surface area contributed by atoms with Crippen molar-refractivity contribution in [2.45, 2.75) is 32.2 Å². The molecule has 114 valence electrons. The number of sulfonamides is 1. The molecule has 1 aromatic heterocycles. The van der Waals surface area contributed by atoms with Crippen molar-refractivity contribution in [2.75, 3.05) is 25.4 Å². The molecule has 2 N–H and O–H groups in total. The Morgan fingerprint density at radius 3 is 2.85 bits per heavy atom. The third-order valence-electron chi connectivity index (χ3n) is 3.61. The van der Waals surface area contributed by atoms with Crippen LogP contribution in [-0.4, -0.2) is 48.8 Å². The van der Waals surface area contributed by atoms with E-state index in [1.54, 1.807) is 17.1 Å². The van der Waals surface area contributed by atoms with Crippen molar-refractivity contribution in [1.82, 2.24) is 25.0 Å². The maximum Gasteiger partial charge on any atom is 0.211 e. The molecule has 2 heterocycles. The zero-order chi connectivity index (χ0) is 14.3. The zero-order valence-electron chi connectivity index (χ0n) is 11.7. The molecule has 0 spiro atoms. The number of piperidine rings is 1. The van der Waals surface area contributed by atoms with E-state index in [0.29, 0.717) is 19.0 Å². The van der Waals surface area contributed by atoms with Crippen LogP contribution in [0.25, 0.3) is 0 Å². The van der Waals surface area contributed by atoms with Gasteiger partial charge in [-0.3, -0.25) is 4.68 Å². The van der Waals surface area contributed by atoms with E-state index in [1.165, 1.54) is 0 Å². The fraction of sp³-hybridized carbons (Fsp3) is 0.833. The molecule has 1 aliphatic rings. The topological polar surface area (TPSA) is 88.9 Å². The highest BCUT2D eigenvalue weighted by Crippen LogP contribution is 2.16. The molecule has 0 atom stereocenters. The normalized spacial score (nSPS) is 17.4. The van der Waals surface area contributed by atoms with Crippen molar-refractivity contribution in [2.24, 2.45) is 5.92 Å². The minimum Gasteiger partial charge on any atom is -0.317 e. The van der Waals surface area contributed by atoms with Crippen molar-refractivity contribution in [3.63, 3.8) is 0 Å². The lowest BCUT2D eigenvalue weighted by atomic mass is 9.96. The molecule has 8 heteroatoms. The van der Waals surface area contributed by atoms with Gasteiger partial charge in [0.15, 0.2) is 0 Å². The van der Waals surface area contributed by atoms with Crippen LogP contribution < -0.4 is 10.0 Å². The van der Waals surface area contributed by atoms with Gasteiger partial charge in [-0.25, -0.2) is 13.1 Å². The zero-order valence-corrected chi connectivity index (χ0v) is 12.5. The number of rotatable bonds is 8. The summed E-state index contributed by atoms with van der Waals surface area (Å²) in [5.41, 5.74) is 0. The molecule has 1 aliphatic heterocycles. The van der Waals surface area contributed by atoms with Crippen LogP contribution in [0.3, 0.4) is 0 Å².